The summed E-state index contributed by atoms with van der Waals surface area (Å²) in [5, 5.41) is 2.77. The highest BCUT2D eigenvalue weighted by molar-refractivity contribution is 5.94. The van der Waals surface area contributed by atoms with Crippen LogP contribution in [0.5, 0.6) is 5.75 Å². The lowest BCUT2D eigenvalue weighted by Crippen LogP contribution is -2.32. The third-order valence-electron chi connectivity index (χ3n) is 5.80. The predicted octanol–water partition coefficient (Wildman–Crippen LogP) is 3.77. The molecule has 0 spiro atoms. The Labute approximate surface area is 176 Å². The highest BCUT2D eigenvalue weighted by Crippen LogP contribution is 2.26. The Morgan fingerprint density at radius 1 is 1.07 bits per heavy atom. The van der Waals surface area contributed by atoms with Crippen LogP contribution in [0.25, 0.3) is 5.69 Å². The first-order chi connectivity index (χ1) is 14.5. The molecule has 1 N–H and O–H groups in total. The summed E-state index contributed by atoms with van der Waals surface area (Å²) < 4.78 is 9.17. The molecule has 30 heavy (non-hydrogen) atoms. The number of fused-ring (bicyclic) bond motifs is 1. The zero-order valence-electron chi connectivity index (χ0n) is 17.6. The van der Waals surface area contributed by atoms with Crippen molar-refractivity contribution >= 4 is 11.6 Å². The second kappa shape index (κ2) is 8.22. The minimum atomic E-state index is -0.726. The average molecular weight is 405 g/mol. The van der Waals surface area contributed by atoms with Crippen LogP contribution in [-0.2, 0) is 24.7 Å². The Morgan fingerprint density at radius 3 is 2.50 bits per heavy atom. The lowest BCUT2D eigenvalue weighted by atomic mass is 9.92. The van der Waals surface area contributed by atoms with E-state index >= 15 is 0 Å². The lowest BCUT2D eigenvalue weighted by molar-refractivity contribution is -0.122. The van der Waals surface area contributed by atoms with Gasteiger partial charge in [0.1, 0.15) is 11.4 Å². The van der Waals surface area contributed by atoms with Crippen molar-refractivity contribution in [1.29, 1.82) is 0 Å². The van der Waals surface area contributed by atoms with E-state index in [0.717, 1.165) is 18.5 Å². The van der Waals surface area contributed by atoms with Crippen LogP contribution in [0.4, 0.5) is 5.69 Å². The van der Waals surface area contributed by atoms with Crippen molar-refractivity contribution in [1.82, 2.24) is 9.36 Å². The maximum atomic E-state index is 13.0. The van der Waals surface area contributed by atoms with Gasteiger partial charge in [0.25, 0.3) is 11.5 Å². The summed E-state index contributed by atoms with van der Waals surface area (Å²) in [5.41, 5.74) is 4.09. The number of nitrogens with one attached hydrogen (secondary N) is 1. The minimum absolute atomic E-state index is 0.268. The number of aromatic nitrogens is 2. The van der Waals surface area contributed by atoms with Gasteiger partial charge in [0.15, 0.2) is 6.10 Å². The van der Waals surface area contributed by atoms with Crippen LogP contribution in [0.2, 0.25) is 0 Å². The van der Waals surface area contributed by atoms with Crippen LogP contribution in [0.15, 0.2) is 53.3 Å². The molecule has 1 aliphatic carbocycles. The van der Waals surface area contributed by atoms with Gasteiger partial charge in [0, 0.05) is 7.05 Å². The number of ether oxygens (including phenoxy) is 1. The summed E-state index contributed by atoms with van der Waals surface area (Å²) in [6.45, 7) is 3.51. The molecule has 1 amide bonds. The van der Waals surface area contributed by atoms with E-state index in [2.05, 4.69) is 11.4 Å². The normalized spacial score (nSPS) is 14.1. The van der Waals surface area contributed by atoms with Crippen molar-refractivity contribution in [3.63, 3.8) is 0 Å². The van der Waals surface area contributed by atoms with Gasteiger partial charge >= 0.3 is 0 Å². The summed E-state index contributed by atoms with van der Waals surface area (Å²) in [7, 11) is 1.80. The number of carbonyl (C=O) groups excluding carboxylic acids is 1. The lowest BCUT2D eigenvalue weighted by Gasteiger charge is -2.19. The highest BCUT2D eigenvalue weighted by atomic mass is 16.5. The number of benzene rings is 2. The van der Waals surface area contributed by atoms with E-state index in [-0.39, 0.29) is 17.2 Å². The third kappa shape index (κ3) is 3.77. The number of nitrogens with zero attached hydrogens (tertiary/aromatic N) is 2. The van der Waals surface area contributed by atoms with E-state index in [1.165, 1.54) is 24.0 Å². The molecular weight excluding hydrogens is 378 g/mol. The zero-order valence-corrected chi connectivity index (χ0v) is 17.6. The van der Waals surface area contributed by atoms with Crippen LogP contribution in [0.1, 0.15) is 36.6 Å². The van der Waals surface area contributed by atoms with Crippen molar-refractivity contribution in [2.24, 2.45) is 7.05 Å². The van der Waals surface area contributed by atoms with Crippen LogP contribution >= 0.6 is 0 Å². The number of rotatable bonds is 5. The van der Waals surface area contributed by atoms with Gasteiger partial charge in [0.2, 0.25) is 0 Å². The molecule has 6 nitrogen and oxygen atoms in total. The van der Waals surface area contributed by atoms with E-state index < -0.39 is 6.10 Å². The molecule has 156 valence electrons. The summed E-state index contributed by atoms with van der Waals surface area (Å²) in [6.07, 6.45) is 3.84. The summed E-state index contributed by atoms with van der Waals surface area (Å²) in [6, 6.07) is 15.4. The Bertz CT molecular complexity index is 1130. The van der Waals surface area contributed by atoms with E-state index in [9.17, 15) is 9.59 Å². The number of amides is 1. The van der Waals surface area contributed by atoms with Gasteiger partial charge in [-0.3, -0.25) is 14.3 Å². The Morgan fingerprint density at radius 2 is 1.77 bits per heavy atom. The van der Waals surface area contributed by atoms with Gasteiger partial charge < -0.3 is 10.1 Å². The van der Waals surface area contributed by atoms with Crippen LogP contribution in [0.3, 0.4) is 0 Å². The first-order valence-electron chi connectivity index (χ1n) is 10.4. The maximum absolute atomic E-state index is 13.0. The van der Waals surface area contributed by atoms with Crippen molar-refractivity contribution in [3.8, 4) is 11.4 Å². The quantitative estimate of drug-likeness (QED) is 0.703. The number of hydrogen-bond donors (Lipinski definition) is 1. The smallest absolute Gasteiger partial charge is 0.295 e. The number of para-hydroxylation sites is 1. The number of aryl methyl sites for hydroxylation is 2. The molecular formula is C24H27N3O3. The van der Waals surface area contributed by atoms with Crippen molar-refractivity contribution < 1.29 is 9.53 Å². The number of anilines is 1. The van der Waals surface area contributed by atoms with Gasteiger partial charge in [-0.2, -0.15) is 0 Å². The molecule has 1 atom stereocenters. The molecule has 0 saturated carbocycles. The fourth-order valence-corrected chi connectivity index (χ4v) is 3.98. The van der Waals surface area contributed by atoms with Crippen LogP contribution in [0, 0.1) is 6.92 Å². The topological polar surface area (TPSA) is 65.3 Å². The Kier molecular flexibility index (Phi) is 5.48. The average Bonchev–Trinajstić information content (AvgIpc) is 2.97. The molecule has 3 aromatic rings. The van der Waals surface area contributed by atoms with Gasteiger partial charge in [0.05, 0.1) is 11.4 Å². The predicted molar refractivity (Wildman–Crippen MR) is 118 cm³/mol. The molecule has 0 fully saturated rings. The van der Waals surface area contributed by atoms with Crippen LogP contribution < -0.4 is 15.6 Å². The van der Waals surface area contributed by atoms with E-state index in [0.29, 0.717) is 11.4 Å². The van der Waals surface area contributed by atoms with Crippen molar-refractivity contribution in [2.45, 2.75) is 45.6 Å². The van der Waals surface area contributed by atoms with E-state index in [1.54, 1.807) is 23.3 Å². The highest BCUT2D eigenvalue weighted by Gasteiger charge is 2.22. The van der Waals surface area contributed by atoms with Gasteiger partial charge in [-0.1, -0.05) is 24.3 Å². The van der Waals surface area contributed by atoms with Gasteiger partial charge in [-0.15, -0.1) is 0 Å². The molecule has 1 heterocycles. The summed E-state index contributed by atoms with van der Waals surface area (Å²) in [5.74, 6) is 0.337. The molecule has 1 aromatic heterocycles. The summed E-state index contributed by atoms with van der Waals surface area (Å²) in [4.78, 5) is 25.7. The molecule has 2 aromatic carbocycles. The van der Waals surface area contributed by atoms with Crippen LogP contribution in [-0.4, -0.2) is 21.4 Å². The standard InChI is InChI=1S/C24H27N3O3/c1-16-22(24(29)27(26(16)3)20-11-5-4-6-12-20)25-23(28)17(2)30-21-14-13-18-9-7-8-10-19(18)15-21/h4-6,11-15,17H,7-10H2,1-3H3,(H,25,28)/t17-/m0/s1. The molecule has 0 aliphatic heterocycles. The first-order valence-corrected chi connectivity index (χ1v) is 10.4. The maximum Gasteiger partial charge on any atom is 0.295 e. The minimum Gasteiger partial charge on any atom is -0.481 e. The van der Waals surface area contributed by atoms with Crippen molar-refractivity contribution in [3.05, 3.63) is 75.7 Å². The van der Waals surface area contributed by atoms with E-state index in [4.69, 9.17) is 4.74 Å². The fraction of sp³-hybridized carbons (Fsp3) is 0.333. The molecule has 0 unspecified atom stereocenters. The second-order valence-corrected chi connectivity index (χ2v) is 7.82. The Hall–Kier alpha value is -3.28. The molecule has 4 rings (SSSR count). The molecule has 1 aliphatic rings. The van der Waals surface area contributed by atoms with Gasteiger partial charge in [-0.25, -0.2) is 4.68 Å². The largest absolute Gasteiger partial charge is 0.481 e. The first kappa shape index (κ1) is 20.0. The molecule has 6 heteroatoms. The second-order valence-electron chi connectivity index (χ2n) is 7.82. The molecule has 0 saturated heterocycles. The summed E-state index contributed by atoms with van der Waals surface area (Å²) >= 11 is 0. The molecule has 0 bridgehead atoms. The monoisotopic (exact) mass is 405 g/mol. The fourth-order valence-electron chi connectivity index (χ4n) is 3.98. The number of hydrogen-bond acceptors (Lipinski definition) is 3. The number of carbonyl (C=O) groups is 1. The van der Waals surface area contributed by atoms with Crippen molar-refractivity contribution in [2.75, 3.05) is 5.32 Å². The molecule has 0 radical (unpaired) electrons. The third-order valence-corrected chi connectivity index (χ3v) is 5.80. The Balaban J connectivity index is 1.52. The zero-order chi connectivity index (χ0) is 21.3. The SMILES string of the molecule is Cc1c(NC(=O)[C@H](C)Oc2ccc3c(c2)CCCC3)c(=O)n(-c2ccccc2)n1C. The van der Waals surface area contributed by atoms with E-state index in [1.807, 2.05) is 49.4 Å². The van der Waals surface area contributed by atoms with Gasteiger partial charge in [-0.05, 0) is 74.9 Å².